The van der Waals surface area contributed by atoms with Gasteiger partial charge in [0, 0.05) is 35.9 Å². The second kappa shape index (κ2) is 5.76. The summed E-state index contributed by atoms with van der Waals surface area (Å²) in [5, 5.41) is 4.43. The molecule has 0 amide bonds. The fraction of sp³-hybridized carbons (Fsp3) is 0.400. The second-order valence-electron chi connectivity index (χ2n) is 5.20. The van der Waals surface area contributed by atoms with Crippen molar-refractivity contribution in [1.29, 1.82) is 0 Å². The average Bonchev–Trinajstić information content (AvgIpc) is 2.85. The first-order valence-corrected chi connectivity index (χ1v) is 7.15. The van der Waals surface area contributed by atoms with Crippen LogP contribution in [0.1, 0.15) is 30.0 Å². The van der Waals surface area contributed by atoms with Crippen LogP contribution >= 0.6 is 11.6 Å². The van der Waals surface area contributed by atoms with Crippen LogP contribution in [0, 0.1) is 0 Å². The van der Waals surface area contributed by atoms with E-state index >= 15 is 0 Å². The molecule has 0 unspecified atom stereocenters. The molecule has 4 heteroatoms. The summed E-state index contributed by atoms with van der Waals surface area (Å²) in [4.78, 5) is 7.14. The number of H-pyrrole nitrogens is 1. The lowest BCUT2D eigenvalue weighted by Crippen LogP contribution is -2.40. The summed E-state index contributed by atoms with van der Waals surface area (Å²) in [7, 11) is 0. The molecule has 0 spiro atoms. The third-order valence-electron chi connectivity index (χ3n) is 3.84. The number of nitrogens with zero attached hydrogens (tertiary/aromatic N) is 1. The Labute approximate surface area is 118 Å². The van der Waals surface area contributed by atoms with Crippen molar-refractivity contribution in [2.45, 2.75) is 31.2 Å². The molecule has 1 saturated carbocycles. The molecule has 0 radical (unpaired) electrons. The number of rotatable bonds is 5. The molecule has 1 aliphatic rings. The first-order chi connectivity index (χ1) is 9.31. The minimum absolute atomic E-state index is 0.645. The van der Waals surface area contributed by atoms with Gasteiger partial charge in [-0.1, -0.05) is 23.7 Å². The van der Waals surface area contributed by atoms with Crippen molar-refractivity contribution in [2.24, 2.45) is 0 Å². The minimum atomic E-state index is 0.645. The van der Waals surface area contributed by atoms with Crippen LogP contribution in [0.4, 0.5) is 0 Å². The van der Waals surface area contributed by atoms with Gasteiger partial charge < -0.3 is 10.3 Å². The van der Waals surface area contributed by atoms with Crippen LogP contribution in [0.25, 0.3) is 0 Å². The highest BCUT2D eigenvalue weighted by atomic mass is 35.5. The molecule has 0 aliphatic heterocycles. The van der Waals surface area contributed by atoms with E-state index in [9.17, 15) is 0 Å². The monoisotopic (exact) mass is 275 g/mol. The SMILES string of the molecule is Clc1cccc(C2CC(NCCc3cnc[nH]3)C2)c1. The van der Waals surface area contributed by atoms with Gasteiger partial charge in [-0.3, -0.25) is 0 Å². The quantitative estimate of drug-likeness (QED) is 0.880. The van der Waals surface area contributed by atoms with E-state index in [0.29, 0.717) is 12.0 Å². The molecule has 0 atom stereocenters. The lowest BCUT2D eigenvalue weighted by Gasteiger charge is -2.36. The average molecular weight is 276 g/mol. The van der Waals surface area contributed by atoms with E-state index in [4.69, 9.17) is 11.6 Å². The molecule has 2 aromatic rings. The Hall–Kier alpha value is -1.32. The Balaban J connectivity index is 1.41. The zero-order valence-corrected chi connectivity index (χ0v) is 11.5. The third kappa shape index (κ3) is 3.17. The predicted octanol–water partition coefficient (Wildman–Crippen LogP) is 3.14. The predicted molar refractivity (Wildman–Crippen MR) is 77.5 cm³/mol. The number of hydrogen-bond donors (Lipinski definition) is 2. The molecule has 1 heterocycles. The van der Waals surface area contributed by atoms with Crippen molar-refractivity contribution in [3.8, 4) is 0 Å². The van der Waals surface area contributed by atoms with Gasteiger partial charge in [-0.25, -0.2) is 4.98 Å². The van der Waals surface area contributed by atoms with Gasteiger partial charge in [0.15, 0.2) is 0 Å². The van der Waals surface area contributed by atoms with Gasteiger partial charge in [0.05, 0.1) is 6.33 Å². The highest BCUT2D eigenvalue weighted by molar-refractivity contribution is 6.30. The van der Waals surface area contributed by atoms with Crippen molar-refractivity contribution < 1.29 is 0 Å². The van der Waals surface area contributed by atoms with Gasteiger partial charge in [-0.05, 0) is 36.5 Å². The Morgan fingerprint density at radius 1 is 1.37 bits per heavy atom. The summed E-state index contributed by atoms with van der Waals surface area (Å²) < 4.78 is 0. The number of hydrogen-bond acceptors (Lipinski definition) is 2. The Morgan fingerprint density at radius 2 is 2.26 bits per heavy atom. The standard InChI is InChI=1S/C15H18ClN3/c16-13-3-1-2-11(6-13)12-7-15(8-12)18-5-4-14-9-17-10-19-14/h1-3,6,9-10,12,15,18H,4-5,7-8H2,(H,17,19). The van der Waals surface area contributed by atoms with Gasteiger partial charge in [0.1, 0.15) is 0 Å². The molecule has 100 valence electrons. The van der Waals surface area contributed by atoms with Crippen LogP contribution < -0.4 is 5.32 Å². The molecule has 1 fully saturated rings. The first-order valence-electron chi connectivity index (χ1n) is 6.77. The van der Waals surface area contributed by atoms with Crippen molar-refractivity contribution in [3.63, 3.8) is 0 Å². The number of imidazole rings is 1. The van der Waals surface area contributed by atoms with Crippen molar-refractivity contribution in [1.82, 2.24) is 15.3 Å². The van der Waals surface area contributed by atoms with Gasteiger partial charge in [-0.15, -0.1) is 0 Å². The molecule has 1 aromatic carbocycles. The largest absolute Gasteiger partial charge is 0.348 e. The highest BCUT2D eigenvalue weighted by Gasteiger charge is 2.29. The van der Waals surface area contributed by atoms with E-state index < -0.39 is 0 Å². The van der Waals surface area contributed by atoms with Crippen LogP contribution in [0.2, 0.25) is 5.02 Å². The van der Waals surface area contributed by atoms with E-state index in [1.807, 2.05) is 18.3 Å². The Bertz CT molecular complexity index is 518. The fourth-order valence-corrected chi connectivity index (χ4v) is 2.85. The maximum Gasteiger partial charge on any atom is 0.0921 e. The molecule has 3 rings (SSSR count). The zero-order chi connectivity index (χ0) is 13.1. The van der Waals surface area contributed by atoms with Crippen molar-refractivity contribution in [2.75, 3.05) is 6.54 Å². The fourth-order valence-electron chi connectivity index (χ4n) is 2.65. The molecular formula is C15H18ClN3. The lowest BCUT2D eigenvalue weighted by atomic mass is 9.76. The number of aromatic nitrogens is 2. The van der Waals surface area contributed by atoms with Gasteiger partial charge in [-0.2, -0.15) is 0 Å². The number of benzene rings is 1. The van der Waals surface area contributed by atoms with Crippen molar-refractivity contribution in [3.05, 3.63) is 53.1 Å². The third-order valence-corrected chi connectivity index (χ3v) is 4.08. The molecular weight excluding hydrogens is 258 g/mol. The number of nitrogens with one attached hydrogen (secondary N) is 2. The molecule has 2 N–H and O–H groups in total. The number of halogens is 1. The van der Waals surface area contributed by atoms with Gasteiger partial charge >= 0.3 is 0 Å². The molecule has 19 heavy (non-hydrogen) atoms. The normalized spacial score (nSPS) is 22.2. The van der Waals surface area contributed by atoms with Gasteiger partial charge in [0.2, 0.25) is 0 Å². The summed E-state index contributed by atoms with van der Waals surface area (Å²) in [6.07, 6.45) is 7.05. The highest BCUT2D eigenvalue weighted by Crippen LogP contribution is 2.37. The Kier molecular flexibility index (Phi) is 3.85. The Morgan fingerprint density at radius 3 is 3.00 bits per heavy atom. The summed E-state index contributed by atoms with van der Waals surface area (Å²) in [5.74, 6) is 0.670. The maximum atomic E-state index is 6.02. The van der Waals surface area contributed by atoms with Crippen LogP contribution in [0.3, 0.4) is 0 Å². The van der Waals surface area contributed by atoms with E-state index in [2.05, 4.69) is 27.4 Å². The van der Waals surface area contributed by atoms with Crippen molar-refractivity contribution >= 4 is 11.6 Å². The topological polar surface area (TPSA) is 40.7 Å². The summed E-state index contributed by atoms with van der Waals surface area (Å²) in [6, 6.07) is 8.89. The van der Waals surface area contributed by atoms with E-state index in [1.54, 1.807) is 6.33 Å². The zero-order valence-electron chi connectivity index (χ0n) is 10.8. The minimum Gasteiger partial charge on any atom is -0.348 e. The smallest absolute Gasteiger partial charge is 0.0921 e. The van der Waals surface area contributed by atoms with Crippen LogP contribution in [0.5, 0.6) is 0 Å². The molecule has 3 nitrogen and oxygen atoms in total. The second-order valence-corrected chi connectivity index (χ2v) is 5.64. The van der Waals surface area contributed by atoms with Crippen LogP contribution in [0.15, 0.2) is 36.8 Å². The summed E-state index contributed by atoms with van der Waals surface area (Å²) >= 11 is 6.02. The summed E-state index contributed by atoms with van der Waals surface area (Å²) in [5.41, 5.74) is 2.57. The van der Waals surface area contributed by atoms with E-state index in [1.165, 1.54) is 24.1 Å². The molecule has 1 aromatic heterocycles. The summed E-state index contributed by atoms with van der Waals surface area (Å²) in [6.45, 7) is 1.01. The molecule has 0 bridgehead atoms. The van der Waals surface area contributed by atoms with Gasteiger partial charge in [0.25, 0.3) is 0 Å². The molecule has 0 saturated heterocycles. The van der Waals surface area contributed by atoms with Crippen LogP contribution in [-0.4, -0.2) is 22.6 Å². The molecule has 1 aliphatic carbocycles. The lowest BCUT2D eigenvalue weighted by molar-refractivity contribution is 0.292. The first kappa shape index (κ1) is 12.7. The number of aromatic amines is 1. The van der Waals surface area contributed by atoms with E-state index in [-0.39, 0.29) is 0 Å². The van der Waals surface area contributed by atoms with E-state index in [0.717, 1.165) is 18.0 Å². The maximum absolute atomic E-state index is 6.02. The van der Waals surface area contributed by atoms with Crippen LogP contribution in [-0.2, 0) is 6.42 Å².